The van der Waals surface area contributed by atoms with E-state index in [0.29, 0.717) is 23.7 Å². The van der Waals surface area contributed by atoms with Gasteiger partial charge in [-0.25, -0.2) is 13.2 Å². The molecule has 2 aromatic rings. The number of nitrogens with one attached hydrogen (secondary N) is 2. The first-order valence-corrected chi connectivity index (χ1v) is 9.68. The Morgan fingerprint density at radius 3 is 2.65 bits per heavy atom. The van der Waals surface area contributed by atoms with Crippen LogP contribution in [-0.2, 0) is 16.6 Å². The summed E-state index contributed by atoms with van der Waals surface area (Å²) in [6, 6.07) is 11.4. The molecule has 1 aliphatic rings. The highest BCUT2D eigenvalue weighted by atomic mass is 32.2. The topological polar surface area (TPSA) is 87.7 Å². The maximum atomic E-state index is 12.8. The highest BCUT2D eigenvalue weighted by Gasteiger charge is 2.23. The Morgan fingerprint density at radius 1 is 1.19 bits per heavy atom. The SMILES string of the molecule is CC(C)Oc1ccccc1S(=O)(=O)Nc1ccc2c(c1)CN(C)C(=O)N2. The van der Waals surface area contributed by atoms with Crippen molar-refractivity contribution in [2.24, 2.45) is 0 Å². The molecule has 7 nitrogen and oxygen atoms in total. The van der Waals surface area contributed by atoms with E-state index in [0.717, 1.165) is 5.56 Å². The van der Waals surface area contributed by atoms with Gasteiger partial charge < -0.3 is 15.0 Å². The van der Waals surface area contributed by atoms with E-state index in [1.54, 1.807) is 43.4 Å². The van der Waals surface area contributed by atoms with Crippen molar-refractivity contribution in [3.05, 3.63) is 48.0 Å². The summed E-state index contributed by atoms with van der Waals surface area (Å²) < 4.78 is 33.8. The number of ether oxygens (including phenoxy) is 1. The molecule has 1 aliphatic heterocycles. The van der Waals surface area contributed by atoms with Crippen LogP contribution in [-0.4, -0.2) is 32.5 Å². The molecule has 0 aromatic heterocycles. The third-order valence-electron chi connectivity index (χ3n) is 3.85. The lowest BCUT2D eigenvalue weighted by molar-refractivity contribution is 0.218. The summed E-state index contributed by atoms with van der Waals surface area (Å²) in [5.74, 6) is 0.306. The lowest BCUT2D eigenvalue weighted by Crippen LogP contribution is -2.35. The van der Waals surface area contributed by atoms with E-state index in [4.69, 9.17) is 4.74 Å². The minimum atomic E-state index is -3.82. The van der Waals surface area contributed by atoms with E-state index in [1.165, 1.54) is 11.0 Å². The highest BCUT2D eigenvalue weighted by Crippen LogP contribution is 2.29. The van der Waals surface area contributed by atoms with Crippen molar-refractivity contribution in [3.8, 4) is 5.75 Å². The molecule has 2 N–H and O–H groups in total. The zero-order valence-electron chi connectivity index (χ0n) is 14.8. The molecule has 3 rings (SSSR count). The van der Waals surface area contributed by atoms with E-state index >= 15 is 0 Å². The summed E-state index contributed by atoms with van der Waals surface area (Å²) >= 11 is 0. The number of carbonyl (C=O) groups is 1. The number of urea groups is 1. The zero-order valence-corrected chi connectivity index (χ0v) is 15.6. The van der Waals surface area contributed by atoms with Crippen LogP contribution in [0.3, 0.4) is 0 Å². The van der Waals surface area contributed by atoms with Crippen molar-refractivity contribution in [2.75, 3.05) is 17.1 Å². The molecular weight excluding hydrogens is 354 g/mol. The molecular formula is C18H21N3O4S. The van der Waals surface area contributed by atoms with Crippen LogP contribution in [0.5, 0.6) is 5.75 Å². The van der Waals surface area contributed by atoms with Crippen molar-refractivity contribution < 1.29 is 17.9 Å². The number of carbonyl (C=O) groups excluding carboxylic acids is 1. The number of hydrogen-bond donors (Lipinski definition) is 2. The van der Waals surface area contributed by atoms with Gasteiger partial charge in [-0.2, -0.15) is 0 Å². The molecule has 2 amide bonds. The van der Waals surface area contributed by atoms with E-state index in [-0.39, 0.29) is 17.0 Å². The maximum Gasteiger partial charge on any atom is 0.321 e. The van der Waals surface area contributed by atoms with Gasteiger partial charge in [0, 0.05) is 25.0 Å². The maximum absolute atomic E-state index is 12.8. The first-order chi connectivity index (χ1) is 12.3. The third kappa shape index (κ3) is 3.75. The molecule has 0 saturated carbocycles. The van der Waals surface area contributed by atoms with Crippen LogP contribution in [0.25, 0.3) is 0 Å². The summed E-state index contributed by atoms with van der Waals surface area (Å²) in [6.45, 7) is 4.08. The second-order valence-corrected chi connectivity index (χ2v) is 8.03. The average Bonchev–Trinajstić information content (AvgIpc) is 2.56. The van der Waals surface area contributed by atoms with Crippen molar-refractivity contribution in [1.29, 1.82) is 0 Å². The Morgan fingerprint density at radius 2 is 1.92 bits per heavy atom. The van der Waals surface area contributed by atoms with Gasteiger partial charge in [-0.05, 0) is 49.7 Å². The molecule has 0 atom stereocenters. The molecule has 0 saturated heterocycles. The van der Waals surface area contributed by atoms with Crippen LogP contribution in [0, 0.1) is 0 Å². The fourth-order valence-electron chi connectivity index (χ4n) is 2.68. The van der Waals surface area contributed by atoms with E-state index in [1.807, 2.05) is 13.8 Å². The van der Waals surface area contributed by atoms with Gasteiger partial charge >= 0.3 is 6.03 Å². The van der Waals surface area contributed by atoms with Crippen molar-refractivity contribution in [3.63, 3.8) is 0 Å². The molecule has 0 radical (unpaired) electrons. The lowest BCUT2D eigenvalue weighted by Gasteiger charge is -2.26. The summed E-state index contributed by atoms with van der Waals surface area (Å²) in [7, 11) is -2.14. The highest BCUT2D eigenvalue weighted by molar-refractivity contribution is 7.92. The van der Waals surface area contributed by atoms with Crippen LogP contribution in [0.1, 0.15) is 19.4 Å². The monoisotopic (exact) mass is 375 g/mol. The standard InChI is InChI=1S/C18H21N3O4S/c1-12(2)25-16-6-4-5-7-17(16)26(23,24)20-14-8-9-15-13(10-14)11-21(3)18(22)19-15/h4-10,12,20H,11H2,1-3H3,(H,19,22). The first-order valence-electron chi connectivity index (χ1n) is 8.20. The minimum Gasteiger partial charge on any atom is -0.490 e. The zero-order chi connectivity index (χ0) is 18.9. The Hall–Kier alpha value is -2.74. The largest absolute Gasteiger partial charge is 0.490 e. The predicted molar refractivity (Wildman–Crippen MR) is 99.9 cm³/mol. The van der Waals surface area contributed by atoms with Crippen molar-refractivity contribution >= 4 is 27.4 Å². The number of fused-ring (bicyclic) bond motifs is 1. The van der Waals surface area contributed by atoms with Crippen LogP contribution >= 0.6 is 0 Å². The van der Waals surface area contributed by atoms with Gasteiger partial charge in [0.05, 0.1) is 6.10 Å². The molecule has 0 fully saturated rings. The lowest BCUT2D eigenvalue weighted by atomic mass is 10.1. The first kappa shape index (κ1) is 18.1. The molecule has 0 aliphatic carbocycles. The number of sulfonamides is 1. The Balaban J connectivity index is 1.89. The predicted octanol–water partition coefficient (Wildman–Crippen LogP) is 3.25. The normalized spacial score (nSPS) is 14.0. The van der Waals surface area contributed by atoms with Gasteiger partial charge in [0.15, 0.2) is 0 Å². The van der Waals surface area contributed by atoms with E-state index in [9.17, 15) is 13.2 Å². The summed E-state index contributed by atoms with van der Waals surface area (Å²) in [5, 5.41) is 2.75. The van der Waals surface area contributed by atoms with Crippen molar-refractivity contribution in [1.82, 2.24) is 4.90 Å². The Labute approximate surface area is 153 Å². The van der Waals surface area contributed by atoms with Gasteiger partial charge in [0.1, 0.15) is 10.6 Å². The second-order valence-electron chi connectivity index (χ2n) is 6.38. The second kappa shape index (κ2) is 6.87. The molecule has 2 aromatic carbocycles. The molecule has 8 heteroatoms. The van der Waals surface area contributed by atoms with Gasteiger partial charge in [-0.15, -0.1) is 0 Å². The summed E-state index contributed by atoms with van der Waals surface area (Å²) in [5.41, 5.74) is 1.94. The number of nitrogens with zero attached hydrogens (tertiary/aromatic N) is 1. The summed E-state index contributed by atoms with van der Waals surface area (Å²) in [6.07, 6.45) is -0.144. The molecule has 0 bridgehead atoms. The number of rotatable bonds is 5. The average molecular weight is 375 g/mol. The number of hydrogen-bond acceptors (Lipinski definition) is 4. The van der Waals surface area contributed by atoms with E-state index < -0.39 is 10.0 Å². The van der Waals surface area contributed by atoms with Crippen LogP contribution in [0.4, 0.5) is 16.2 Å². The van der Waals surface area contributed by atoms with Crippen molar-refractivity contribution in [2.45, 2.75) is 31.4 Å². The number of anilines is 2. The fourth-order valence-corrected chi connectivity index (χ4v) is 3.87. The smallest absolute Gasteiger partial charge is 0.321 e. The van der Waals surface area contributed by atoms with Gasteiger partial charge in [-0.3, -0.25) is 4.72 Å². The Bertz CT molecular complexity index is 941. The van der Waals surface area contributed by atoms with Crippen LogP contribution in [0.15, 0.2) is 47.4 Å². The van der Waals surface area contributed by atoms with Crippen LogP contribution < -0.4 is 14.8 Å². The van der Waals surface area contributed by atoms with Crippen LogP contribution in [0.2, 0.25) is 0 Å². The molecule has 0 unspecified atom stereocenters. The third-order valence-corrected chi connectivity index (χ3v) is 5.28. The molecule has 1 heterocycles. The van der Waals surface area contributed by atoms with Gasteiger partial charge in [0.2, 0.25) is 0 Å². The quantitative estimate of drug-likeness (QED) is 0.840. The van der Waals surface area contributed by atoms with Gasteiger partial charge in [-0.1, -0.05) is 12.1 Å². The molecule has 138 valence electrons. The minimum absolute atomic E-state index is 0.0804. The number of amides is 2. The summed E-state index contributed by atoms with van der Waals surface area (Å²) in [4.78, 5) is 13.3. The fraction of sp³-hybridized carbons (Fsp3) is 0.278. The van der Waals surface area contributed by atoms with Gasteiger partial charge in [0.25, 0.3) is 10.0 Å². The molecule has 0 spiro atoms. The molecule has 26 heavy (non-hydrogen) atoms. The number of benzene rings is 2. The Kier molecular flexibility index (Phi) is 4.78. The number of para-hydroxylation sites is 1. The van der Waals surface area contributed by atoms with E-state index in [2.05, 4.69) is 10.0 Å².